The van der Waals surface area contributed by atoms with Crippen molar-refractivity contribution in [2.24, 2.45) is 0 Å². The Morgan fingerprint density at radius 2 is 1.83 bits per heavy atom. The largest absolute Gasteiger partial charge is 0.343 e. The van der Waals surface area contributed by atoms with Crippen molar-refractivity contribution in [3.8, 4) is 0 Å². The van der Waals surface area contributed by atoms with Crippen molar-refractivity contribution in [1.82, 2.24) is 10.2 Å². The van der Waals surface area contributed by atoms with Crippen LogP contribution in [0.4, 0.5) is 0 Å². The van der Waals surface area contributed by atoms with E-state index in [9.17, 15) is 13.2 Å². The van der Waals surface area contributed by atoms with Gasteiger partial charge in [-0.15, -0.1) is 0 Å². The molecule has 0 aromatic rings. The molecular weight excluding hydrogens is 252 g/mol. The molecule has 0 unspecified atom stereocenters. The summed E-state index contributed by atoms with van der Waals surface area (Å²) in [5.41, 5.74) is 0. The van der Waals surface area contributed by atoms with Crippen LogP contribution in [0, 0.1) is 0 Å². The van der Waals surface area contributed by atoms with Crippen LogP contribution in [0.3, 0.4) is 0 Å². The van der Waals surface area contributed by atoms with Crippen LogP contribution in [0.25, 0.3) is 0 Å². The number of amides is 1. The maximum absolute atomic E-state index is 11.7. The van der Waals surface area contributed by atoms with Crippen LogP contribution >= 0.6 is 0 Å². The molecule has 1 aliphatic heterocycles. The van der Waals surface area contributed by atoms with Gasteiger partial charge < -0.3 is 10.2 Å². The van der Waals surface area contributed by atoms with Crippen molar-refractivity contribution in [3.05, 3.63) is 0 Å². The zero-order chi connectivity index (χ0) is 13.6. The van der Waals surface area contributed by atoms with Crippen LogP contribution < -0.4 is 5.32 Å². The molecule has 18 heavy (non-hydrogen) atoms. The van der Waals surface area contributed by atoms with Gasteiger partial charge in [-0.3, -0.25) is 4.79 Å². The third-order valence-electron chi connectivity index (χ3n) is 3.26. The lowest BCUT2D eigenvalue weighted by molar-refractivity contribution is -0.130. The lowest BCUT2D eigenvalue weighted by Gasteiger charge is -2.15. The van der Waals surface area contributed by atoms with Gasteiger partial charge in [0.2, 0.25) is 5.91 Å². The number of nitrogens with one attached hydrogen (secondary N) is 1. The van der Waals surface area contributed by atoms with Crippen molar-refractivity contribution in [1.29, 1.82) is 0 Å². The minimum atomic E-state index is -2.97. The molecule has 1 fully saturated rings. The summed E-state index contributed by atoms with van der Waals surface area (Å²) in [6.07, 6.45) is 2.67. The van der Waals surface area contributed by atoms with E-state index < -0.39 is 9.84 Å². The molecule has 0 saturated carbocycles. The average Bonchev–Trinajstić information content (AvgIpc) is 2.81. The van der Waals surface area contributed by atoms with E-state index in [1.807, 2.05) is 4.90 Å². The maximum atomic E-state index is 11.7. The first-order valence-corrected chi connectivity index (χ1v) is 8.35. The third-order valence-corrected chi connectivity index (χ3v) is 5.47. The Labute approximate surface area is 110 Å². The molecule has 0 atom stereocenters. The molecule has 106 valence electrons. The van der Waals surface area contributed by atoms with E-state index in [2.05, 4.69) is 5.32 Å². The standard InChI is InChI=1S/C12H24N2O3S/c1-11(2)18(16,17)10-7-13-6-5-12(15)14-8-3-4-9-14/h11,13H,3-10H2,1-2H3. The SMILES string of the molecule is CC(C)S(=O)(=O)CCNCCC(=O)N1CCCC1. The van der Waals surface area contributed by atoms with Crippen LogP contribution in [0.2, 0.25) is 0 Å². The Kier molecular flexibility index (Phi) is 6.08. The predicted octanol–water partition coefficient (Wildman–Crippen LogP) is 0.412. The van der Waals surface area contributed by atoms with Crippen molar-refractivity contribution in [3.63, 3.8) is 0 Å². The Balaban J connectivity index is 2.10. The van der Waals surface area contributed by atoms with Gasteiger partial charge in [0.25, 0.3) is 0 Å². The Bertz CT molecular complexity index is 360. The lowest BCUT2D eigenvalue weighted by Crippen LogP contribution is -2.32. The highest BCUT2D eigenvalue weighted by Crippen LogP contribution is 2.08. The van der Waals surface area contributed by atoms with E-state index in [0.717, 1.165) is 25.9 Å². The first-order chi connectivity index (χ1) is 8.43. The zero-order valence-corrected chi connectivity index (χ0v) is 12.1. The number of hydrogen-bond acceptors (Lipinski definition) is 4. The number of carbonyl (C=O) groups is 1. The van der Waals surface area contributed by atoms with Gasteiger partial charge in [-0.05, 0) is 26.7 Å². The van der Waals surface area contributed by atoms with Crippen LogP contribution in [-0.4, -0.2) is 56.4 Å². The van der Waals surface area contributed by atoms with E-state index >= 15 is 0 Å². The van der Waals surface area contributed by atoms with Crippen LogP contribution in [0.5, 0.6) is 0 Å². The van der Waals surface area contributed by atoms with E-state index in [4.69, 9.17) is 0 Å². The second-order valence-electron chi connectivity index (χ2n) is 5.00. The average molecular weight is 276 g/mol. The van der Waals surface area contributed by atoms with Crippen molar-refractivity contribution in [2.75, 3.05) is 31.9 Å². The summed E-state index contributed by atoms with van der Waals surface area (Å²) in [6, 6.07) is 0. The van der Waals surface area contributed by atoms with Gasteiger partial charge >= 0.3 is 0 Å². The number of carbonyl (C=O) groups excluding carboxylic acids is 1. The summed E-state index contributed by atoms with van der Waals surface area (Å²) in [5.74, 6) is 0.314. The Morgan fingerprint density at radius 1 is 1.22 bits per heavy atom. The molecule has 1 saturated heterocycles. The highest BCUT2D eigenvalue weighted by atomic mass is 32.2. The number of nitrogens with zero attached hydrogens (tertiary/aromatic N) is 1. The van der Waals surface area contributed by atoms with Crippen LogP contribution in [0.1, 0.15) is 33.1 Å². The molecular formula is C12H24N2O3S. The lowest BCUT2D eigenvalue weighted by atomic mass is 10.3. The van der Waals surface area contributed by atoms with Gasteiger partial charge in [0.15, 0.2) is 9.84 Å². The zero-order valence-electron chi connectivity index (χ0n) is 11.3. The summed E-state index contributed by atoms with van der Waals surface area (Å²) in [4.78, 5) is 13.6. The molecule has 0 spiro atoms. The fourth-order valence-corrected chi connectivity index (χ4v) is 2.80. The minimum absolute atomic E-state index is 0.141. The van der Waals surface area contributed by atoms with Crippen molar-refractivity contribution < 1.29 is 13.2 Å². The topological polar surface area (TPSA) is 66.5 Å². The molecule has 6 heteroatoms. The second-order valence-corrected chi connectivity index (χ2v) is 7.68. The van der Waals surface area contributed by atoms with Crippen molar-refractivity contribution in [2.45, 2.75) is 38.4 Å². The van der Waals surface area contributed by atoms with E-state index in [1.54, 1.807) is 13.8 Å². The number of likely N-dealkylation sites (tertiary alicyclic amines) is 1. The van der Waals surface area contributed by atoms with Gasteiger partial charge in [0.05, 0.1) is 11.0 Å². The van der Waals surface area contributed by atoms with Crippen molar-refractivity contribution >= 4 is 15.7 Å². The highest BCUT2D eigenvalue weighted by Gasteiger charge is 2.17. The molecule has 1 N–H and O–H groups in total. The molecule has 1 heterocycles. The Hall–Kier alpha value is -0.620. The summed E-state index contributed by atoms with van der Waals surface area (Å²) in [7, 11) is -2.97. The van der Waals surface area contributed by atoms with E-state index in [0.29, 0.717) is 19.5 Å². The molecule has 1 rings (SSSR count). The quantitative estimate of drug-likeness (QED) is 0.684. The maximum Gasteiger partial charge on any atom is 0.223 e. The minimum Gasteiger partial charge on any atom is -0.343 e. The molecule has 0 aliphatic carbocycles. The summed E-state index contributed by atoms with van der Waals surface area (Å²) in [5, 5.41) is 2.70. The highest BCUT2D eigenvalue weighted by molar-refractivity contribution is 7.92. The second kappa shape index (κ2) is 7.09. The molecule has 1 aliphatic rings. The third kappa shape index (κ3) is 4.94. The first-order valence-electron chi connectivity index (χ1n) is 6.63. The number of sulfone groups is 1. The molecule has 0 radical (unpaired) electrons. The summed E-state index contributed by atoms with van der Waals surface area (Å²) in [6.45, 7) is 6.11. The van der Waals surface area contributed by atoms with Gasteiger partial charge in [0, 0.05) is 32.6 Å². The van der Waals surface area contributed by atoms with Gasteiger partial charge in [-0.1, -0.05) is 0 Å². The summed E-state index contributed by atoms with van der Waals surface area (Å²) < 4.78 is 23.0. The van der Waals surface area contributed by atoms with Gasteiger partial charge in [0.1, 0.15) is 0 Å². The molecule has 1 amide bonds. The molecule has 0 bridgehead atoms. The first kappa shape index (κ1) is 15.4. The smallest absolute Gasteiger partial charge is 0.223 e. The van der Waals surface area contributed by atoms with Gasteiger partial charge in [-0.2, -0.15) is 0 Å². The van der Waals surface area contributed by atoms with E-state index in [1.165, 1.54) is 0 Å². The number of hydrogen-bond donors (Lipinski definition) is 1. The molecule has 0 aromatic carbocycles. The predicted molar refractivity (Wildman–Crippen MR) is 72.2 cm³/mol. The monoisotopic (exact) mass is 276 g/mol. The normalized spacial score (nSPS) is 16.5. The summed E-state index contributed by atoms with van der Waals surface area (Å²) >= 11 is 0. The fraction of sp³-hybridized carbons (Fsp3) is 0.917. The van der Waals surface area contributed by atoms with Crippen LogP contribution in [-0.2, 0) is 14.6 Å². The van der Waals surface area contributed by atoms with Crippen LogP contribution in [0.15, 0.2) is 0 Å². The molecule has 5 nitrogen and oxygen atoms in total. The fourth-order valence-electron chi connectivity index (χ4n) is 1.90. The van der Waals surface area contributed by atoms with E-state index in [-0.39, 0.29) is 16.9 Å². The van der Waals surface area contributed by atoms with Gasteiger partial charge in [-0.25, -0.2) is 8.42 Å². The Morgan fingerprint density at radius 3 is 2.39 bits per heavy atom. The number of rotatable bonds is 7. The molecule has 0 aromatic heterocycles.